The zero-order valence-electron chi connectivity index (χ0n) is 9.30. The Balaban J connectivity index is 3.17. The van der Waals surface area contributed by atoms with Crippen molar-refractivity contribution in [1.82, 2.24) is 4.57 Å². The standard InChI is InChI=1S/C11H21N2/c1-5-10-9-12(7-3)11(6-2)13(10)8-4/h9H,5-8H2,1-4H3/q+1. The molecule has 0 saturated heterocycles. The van der Waals surface area contributed by atoms with Crippen LogP contribution in [0.1, 0.15) is 39.2 Å². The molecular formula is C11H21N2+. The Morgan fingerprint density at radius 1 is 1.15 bits per heavy atom. The molecule has 1 aromatic heterocycles. The maximum absolute atomic E-state index is 2.43. The molecule has 2 heteroatoms. The first-order chi connectivity index (χ1) is 6.28. The summed E-state index contributed by atoms with van der Waals surface area (Å²) in [5, 5.41) is 0. The van der Waals surface area contributed by atoms with Gasteiger partial charge in [0.15, 0.2) is 0 Å². The molecule has 0 N–H and O–H groups in total. The van der Waals surface area contributed by atoms with Crippen LogP contribution in [0.3, 0.4) is 0 Å². The van der Waals surface area contributed by atoms with E-state index in [1.807, 2.05) is 0 Å². The molecule has 74 valence electrons. The summed E-state index contributed by atoms with van der Waals surface area (Å²) in [6.45, 7) is 11.1. The van der Waals surface area contributed by atoms with E-state index in [0.29, 0.717) is 0 Å². The quantitative estimate of drug-likeness (QED) is 0.628. The van der Waals surface area contributed by atoms with Crippen LogP contribution in [0.2, 0.25) is 0 Å². The molecule has 0 radical (unpaired) electrons. The molecule has 1 aromatic rings. The molecule has 0 aliphatic rings. The fraction of sp³-hybridized carbons (Fsp3) is 0.727. The summed E-state index contributed by atoms with van der Waals surface area (Å²) in [6.07, 6.45) is 4.55. The zero-order chi connectivity index (χ0) is 9.84. The predicted octanol–water partition coefficient (Wildman–Crippen LogP) is 1.94. The molecule has 0 bridgehead atoms. The van der Waals surface area contributed by atoms with E-state index >= 15 is 0 Å². The Labute approximate surface area is 81.2 Å². The van der Waals surface area contributed by atoms with Crippen molar-refractivity contribution in [1.29, 1.82) is 0 Å². The first-order valence-corrected chi connectivity index (χ1v) is 5.39. The maximum atomic E-state index is 2.43. The van der Waals surface area contributed by atoms with Crippen molar-refractivity contribution < 1.29 is 4.57 Å². The Morgan fingerprint density at radius 2 is 1.85 bits per heavy atom. The molecule has 0 amide bonds. The van der Waals surface area contributed by atoms with Gasteiger partial charge in [0.25, 0.3) is 5.82 Å². The number of imidazole rings is 1. The van der Waals surface area contributed by atoms with E-state index in [1.54, 1.807) is 0 Å². The molecule has 0 fully saturated rings. The summed E-state index contributed by atoms with van der Waals surface area (Å²) in [6, 6.07) is 0. The predicted molar refractivity (Wildman–Crippen MR) is 54.7 cm³/mol. The topological polar surface area (TPSA) is 8.81 Å². The van der Waals surface area contributed by atoms with Crippen LogP contribution in [-0.2, 0) is 25.9 Å². The van der Waals surface area contributed by atoms with Crippen molar-refractivity contribution in [3.05, 3.63) is 17.7 Å². The minimum atomic E-state index is 1.09. The number of nitrogens with zero attached hydrogens (tertiary/aromatic N) is 2. The van der Waals surface area contributed by atoms with Gasteiger partial charge < -0.3 is 0 Å². The highest BCUT2D eigenvalue weighted by atomic mass is 15.2. The largest absolute Gasteiger partial charge is 0.256 e. The lowest BCUT2D eigenvalue weighted by molar-refractivity contribution is -0.700. The van der Waals surface area contributed by atoms with E-state index in [0.717, 1.165) is 25.9 Å². The summed E-state index contributed by atoms with van der Waals surface area (Å²) in [5.74, 6) is 1.46. The minimum absolute atomic E-state index is 1.09. The van der Waals surface area contributed by atoms with Gasteiger partial charge in [-0.25, -0.2) is 9.13 Å². The molecule has 0 unspecified atom stereocenters. The number of aromatic nitrogens is 2. The van der Waals surface area contributed by atoms with Crippen molar-refractivity contribution in [2.45, 2.75) is 53.6 Å². The highest BCUT2D eigenvalue weighted by Crippen LogP contribution is 2.05. The molecule has 0 aliphatic carbocycles. The molecular weight excluding hydrogens is 160 g/mol. The molecule has 0 spiro atoms. The number of aryl methyl sites for hydroxylation is 2. The molecule has 0 saturated carbocycles. The summed E-state index contributed by atoms with van der Waals surface area (Å²) in [4.78, 5) is 0. The van der Waals surface area contributed by atoms with E-state index in [4.69, 9.17) is 0 Å². The molecule has 13 heavy (non-hydrogen) atoms. The second kappa shape index (κ2) is 4.45. The molecule has 0 aliphatic heterocycles. The van der Waals surface area contributed by atoms with Crippen LogP contribution in [-0.4, -0.2) is 4.57 Å². The van der Waals surface area contributed by atoms with Gasteiger partial charge in [0, 0.05) is 12.8 Å². The van der Waals surface area contributed by atoms with Gasteiger partial charge >= 0.3 is 0 Å². The lowest BCUT2D eigenvalue weighted by Crippen LogP contribution is -2.35. The number of hydrogen-bond acceptors (Lipinski definition) is 0. The summed E-state index contributed by atoms with van der Waals surface area (Å²) >= 11 is 0. The van der Waals surface area contributed by atoms with E-state index in [1.165, 1.54) is 11.5 Å². The second-order valence-electron chi connectivity index (χ2n) is 3.27. The fourth-order valence-electron chi connectivity index (χ4n) is 1.98. The average Bonchev–Trinajstić information content (AvgIpc) is 2.54. The van der Waals surface area contributed by atoms with Crippen molar-refractivity contribution in [3.63, 3.8) is 0 Å². The molecule has 1 heterocycles. The zero-order valence-corrected chi connectivity index (χ0v) is 9.30. The smallest absolute Gasteiger partial charge is 0.234 e. The second-order valence-corrected chi connectivity index (χ2v) is 3.27. The molecule has 1 rings (SSSR count). The SMILES string of the molecule is CCc1c[n+](CC)c(CC)n1CC. The van der Waals surface area contributed by atoms with Crippen molar-refractivity contribution in [3.8, 4) is 0 Å². The van der Waals surface area contributed by atoms with E-state index in [9.17, 15) is 0 Å². The monoisotopic (exact) mass is 181 g/mol. The Bertz CT molecular complexity index is 247. The lowest BCUT2D eigenvalue weighted by Gasteiger charge is -1.99. The van der Waals surface area contributed by atoms with Gasteiger partial charge in [-0.05, 0) is 13.8 Å². The van der Waals surface area contributed by atoms with Crippen LogP contribution in [0.5, 0.6) is 0 Å². The first kappa shape index (κ1) is 10.3. The Hall–Kier alpha value is -0.790. The normalized spacial score (nSPS) is 10.8. The van der Waals surface area contributed by atoms with Crippen LogP contribution < -0.4 is 4.57 Å². The van der Waals surface area contributed by atoms with Crippen molar-refractivity contribution in [2.24, 2.45) is 0 Å². The van der Waals surface area contributed by atoms with Crippen LogP contribution in [0.25, 0.3) is 0 Å². The summed E-state index contributed by atoms with van der Waals surface area (Å²) in [5.41, 5.74) is 1.46. The van der Waals surface area contributed by atoms with Crippen LogP contribution >= 0.6 is 0 Å². The van der Waals surface area contributed by atoms with E-state index in [2.05, 4.69) is 43.0 Å². The summed E-state index contributed by atoms with van der Waals surface area (Å²) in [7, 11) is 0. The third-order valence-corrected chi connectivity index (χ3v) is 2.63. The van der Waals surface area contributed by atoms with Crippen molar-refractivity contribution in [2.75, 3.05) is 0 Å². The molecule has 0 atom stereocenters. The van der Waals surface area contributed by atoms with Crippen LogP contribution in [0.15, 0.2) is 6.20 Å². The van der Waals surface area contributed by atoms with Gasteiger partial charge in [0.1, 0.15) is 11.9 Å². The highest BCUT2D eigenvalue weighted by Gasteiger charge is 2.17. The minimum Gasteiger partial charge on any atom is -0.234 e. The third kappa shape index (κ3) is 1.77. The van der Waals surface area contributed by atoms with Crippen LogP contribution in [0, 0.1) is 0 Å². The number of rotatable bonds is 4. The average molecular weight is 181 g/mol. The van der Waals surface area contributed by atoms with Gasteiger partial charge in [-0.2, -0.15) is 0 Å². The highest BCUT2D eigenvalue weighted by molar-refractivity contribution is 4.99. The number of hydrogen-bond donors (Lipinski definition) is 0. The fourth-order valence-corrected chi connectivity index (χ4v) is 1.98. The van der Waals surface area contributed by atoms with Gasteiger partial charge in [0.05, 0.1) is 13.1 Å². The van der Waals surface area contributed by atoms with E-state index < -0.39 is 0 Å². The van der Waals surface area contributed by atoms with E-state index in [-0.39, 0.29) is 0 Å². The first-order valence-electron chi connectivity index (χ1n) is 5.39. The third-order valence-electron chi connectivity index (χ3n) is 2.63. The molecule has 2 nitrogen and oxygen atoms in total. The Morgan fingerprint density at radius 3 is 2.23 bits per heavy atom. The van der Waals surface area contributed by atoms with Gasteiger partial charge in [-0.1, -0.05) is 13.8 Å². The van der Waals surface area contributed by atoms with Gasteiger partial charge in [-0.15, -0.1) is 0 Å². The Kier molecular flexibility index (Phi) is 3.52. The molecule has 0 aromatic carbocycles. The van der Waals surface area contributed by atoms with Gasteiger partial charge in [-0.3, -0.25) is 0 Å². The van der Waals surface area contributed by atoms with Gasteiger partial charge in [0.2, 0.25) is 0 Å². The lowest BCUT2D eigenvalue weighted by atomic mass is 10.3. The maximum Gasteiger partial charge on any atom is 0.256 e. The summed E-state index contributed by atoms with van der Waals surface area (Å²) < 4.78 is 4.80. The van der Waals surface area contributed by atoms with Crippen LogP contribution in [0.4, 0.5) is 0 Å². The van der Waals surface area contributed by atoms with Crippen molar-refractivity contribution >= 4 is 0 Å².